The average Bonchev–Trinajstić information content (AvgIpc) is 2.69. The summed E-state index contributed by atoms with van der Waals surface area (Å²) in [5.41, 5.74) is 1.16. The first-order chi connectivity index (χ1) is 13.0. The summed E-state index contributed by atoms with van der Waals surface area (Å²) in [5, 5.41) is 6.69. The van der Waals surface area contributed by atoms with Crippen LogP contribution in [0.3, 0.4) is 0 Å². The van der Waals surface area contributed by atoms with E-state index in [2.05, 4.69) is 17.6 Å². The fourth-order valence-electron chi connectivity index (χ4n) is 4.12. The average molecular weight is 428 g/mol. The van der Waals surface area contributed by atoms with E-state index in [-0.39, 0.29) is 24.2 Å². The number of rotatable bonds is 5. The van der Waals surface area contributed by atoms with Crippen LogP contribution < -0.4 is 10.6 Å². The van der Waals surface area contributed by atoms with E-state index in [1.165, 1.54) is 6.42 Å². The summed E-state index contributed by atoms with van der Waals surface area (Å²) in [7, 11) is 0. The van der Waals surface area contributed by atoms with Crippen LogP contribution in [-0.4, -0.2) is 42.9 Å². The Hall–Kier alpha value is -1.30. The Morgan fingerprint density at radius 2 is 1.89 bits per heavy atom. The molecule has 1 unspecified atom stereocenters. The van der Waals surface area contributed by atoms with Gasteiger partial charge in [-0.3, -0.25) is 9.59 Å². The molecule has 2 aliphatic rings. The monoisotopic (exact) mass is 427 g/mol. The fraction of sp³-hybridized carbons (Fsp3) is 0.619. The quantitative estimate of drug-likeness (QED) is 0.733. The summed E-state index contributed by atoms with van der Waals surface area (Å²) in [5.74, 6) is 0.956. The highest BCUT2D eigenvalue weighted by Gasteiger charge is 2.23. The van der Waals surface area contributed by atoms with Gasteiger partial charge in [-0.05, 0) is 75.2 Å². The zero-order valence-corrected chi connectivity index (χ0v) is 18.1. The third-order valence-electron chi connectivity index (χ3n) is 5.82. The summed E-state index contributed by atoms with van der Waals surface area (Å²) < 4.78 is 0. The minimum absolute atomic E-state index is 0. The number of hydrogen-bond acceptors (Lipinski definition) is 3. The lowest BCUT2D eigenvalue weighted by molar-refractivity contribution is -0.117. The highest BCUT2D eigenvalue weighted by atomic mass is 35.5. The fourth-order valence-corrected chi connectivity index (χ4v) is 4.38. The van der Waals surface area contributed by atoms with Gasteiger partial charge in [-0.1, -0.05) is 18.5 Å². The van der Waals surface area contributed by atoms with E-state index in [4.69, 9.17) is 11.6 Å². The lowest BCUT2D eigenvalue weighted by atomic mass is 9.84. The summed E-state index contributed by atoms with van der Waals surface area (Å²) >= 11 is 6.35. The molecule has 0 aliphatic carbocycles. The number of amides is 2. The van der Waals surface area contributed by atoms with Crippen LogP contribution in [0.5, 0.6) is 0 Å². The van der Waals surface area contributed by atoms with Crippen molar-refractivity contribution in [3.05, 3.63) is 28.8 Å². The van der Waals surface area contributed by atoms with E-state index in [0.29, 0.717) is 34.5 Å². The second-order valence-electron chi connectivity index (χ2n) is 7.86. The van der Waals surface area contributed by atoms with E-state index >= 15 is 0 Å². The lowest BCUT2D eigenvalue weighted by Crippen LogP contribution is -2.35. The van der Waals surface area contributed by atoms with Gasteiger partial charge in [0.05, 0.1) is 10.6 Å². The molecule has 0 spiro atoms. The number of likely N-dealkylation sites (tertiary alicyclic amines) is 1. The van der Waals surface area contributed by atoms with Crippen molar-refractivity contribution in [3.8, 4) is 0 Å². The highest BCUT2D eigenvalue weighted by Crippen LogP contribution is 2.26. The Balaban J connectivity index is 0.00000280. The highest BCUT2D eigenvalue weighted by molar-refractivity contribution is 6.34. The minimum atomic E-state index is -0.0166. The van der Waals surface area contributed by atoms with Crippen molar-refractivity contribution in [2.75, 3.05) is 31.5 Å². The maximum Gasteiger partial charge on any atom is 0.255 e. The predicted octanol–water partition coefficient (Wildman–Crippen LogP) is 4.35. The van der Waals surface area contributed by atoms with Crippen molar-refractivity contribution in [3.63, 3.8) is 0 Å². The number of anilines is 1. The minimum Gasteiger partial charge on any atom is -0.339 e. The molecule has 2 saturated heterocycles. The second kappa shape index (κ2) is 11.0. The van der Waals surface area contributed by atoms with Crippen molar-refractivity contribution in [2.24, 2.45) is 11.8 Å². The van der Waals surface area contributed by atoms with Crippen LogP contribution in [-0.2, 0) is 4.79 Å². The largest absolute Gasteiger partial charge is 0.339 e. The van der Waals surface area contributed by atoms with Crippen LogP contribution in [0.2, 0.25) is 5.02 Å². The summed E-state index contributed by atoms with van der Waals surface area (Å²) in [6, 6.07) is 5.19. The number of halogens is 2. The maximum atomic E-state index is 12.6. The van der Waals surface area contributed by atoms with Gasteiger partial charge in [0.2, 0.25) is 5.91 Å². The summed E-state index contributed by atoms with van der Waals surface area (Å²) in [6.45, 7) is 5.82. The van der Waals surface area contributed by atoms with Gasteiger partial charge in [0.1, 0.15) is 0 Å². The molecule has 2 fully saturated rings. The molecule has 0 aromatic heterocycles. The van der Waals surface area contributed by atoms with Gasteiger partial charge in [0.25, 0.3) is 5.91 Å². The Bertz CT molecular complexity index is 672. The number of carbonyl (C=O) groups excluding carboxylic acids is 2. The molecular formula is C21H31Cl2N3O2. The van der Waals surface area contributed by atoms with Gasteiger partial charge in [-0.25, -0.2) is 0 Å². The second-order valence-corrected chi connectivity index (χ2v) is 8.27. The third-order valence-corrected chi connectivity index (χ3v) is 6.14. The number of nitrogens with one attached hydrogen (secondary N) is 2. The molecule has 1 atom stereocenters. The molecule has 28 heavy (non-hydrogen) atoms. The number of benzene rings is 1. The molecule has 2 N–H and O–H groups in total. The molecule has 5 nitrogen and oxygen atoms in total. The maximum absolute atomic E-state index is 12.6. The van der Waals surface area contributed by atoms with Crippen LogP contribution >= 0.6 is 24.0 Å². The molecule has 7 heteroatoms. The van der Waals surface area contributed by atoms with Gasteiger partial charge in [0, 0.05) is 25.2 Å². The number of carbonyl (C=O) groups is 2. The van der Waals surface area contributed by atoms with Crippen molar-refractivity contribution >= 4 is 41.5 Å². The predicted molar refractivity (Wildman–Crippen MR) is 116 cm³/mol. The molecule has 1 aromatic carbocycles. The topological polar surface area (TPSA) is 61.4 Å². The first kappa shape index (κ1) is 23.0. The van der Waals surface area contributed by atoms with E-state index in [9.17, 15) is 9.59 Å². The molecule has 0 bridgehead atoms. The zero-order chi connectivity index (χ0) is 19.2. The van der Waals surface area contributed by atoms with Crippen LogP contribution in [0.1, 0.15) is 55.8 Å². The lowest BCUT2D eigenvalue weighted by Gasteiger charge is -2.28. The summed E-state index contributed by atoms with van der Waals surface area (Å²) in [6.07, 6.45) is 6.05. The Morgan fingerprint density at radius 3 is 2.54 bits per heavy atom. The van der Waals surface area contributed by atoms with E-state index in [1.807, 2.05) is 4.90 Å². The first-order valence-corrected chi connectivity index (χ1v) is 10.5. The van der Waals surface area contributed by atoms with Gasteiger partial charge in [0.15, 0.2) is 0 Å². The van der Waals surface area contributed by atoms with Gasteiger partial charge in [-0.15, -0.1) is 12.4 Å². The van der Waals surface area contributed by atoms with Crippen LogP contribution in [0, 0.1) is 11.8 Å². The van der Waals surface area contributed by atoms with E-state index in [0.717, 1.165) is 51.9 Å². The van der Waals surface area contributed by atoms with Gasteiger partial charge < -0.3 is 15.5 Å². The molecule has 3 rings (SSSR count). The molecule has 156 valence electrons. The molecule has 2 aliphatic heterocycles. The first-order valence-electron chi connectivity index (χ1n) is 10.1. The standard InChI is InChI=1S/C21H30ClN3O2.ClH/c1-15(16-7-9-23-10-8-16)13-20(26)24-17-5-6-18(19(22)14-17)21(27)25-11-3-2-4-12-25;/h5-6,14-16,23H,2-4,7-13H2,1H3,(H,24,26);1H. The molecule has 2 heterocycles. The van der Waals surface area contributed by atoms with E-state index < -0.39 is 0 Å². The Morgan fingerprint density at radius 1 is 1.21 bits per heavy atom. The molecular weight excluding hydrogens is 397 g/mol. The molecule has 1 aromatic rings. The van der Waals surface area contributed by atoms with Gasteiger partial charge in [-0.2, -0.15) is 0 Å². The van der Waals surface area contributed by atoms with Crippen molar-refractivity contribution < 1.29 is 9.59 Å². The van der Waals surface area contributed by atoms with E-state index in [1.54, 1.807) is 18.2 Å². The van der Waals surface area contributed by atoms with Crippen LogP contribution in [0.25, 0.3) is 0 Å². The van der Waals surface area contributed by atoms with Crippen molar-refractivity contribution in [1.29, 1.82) is 0 Å². The molecule has 0 radical (unpaired) electrons. The smallest absolute Gasteiger partial charge is 0.255 e. The van der Waals surface area contributed by atoms with Crippen LogP contribution in [0.4, 0.5) is 5.69 Å². The molecule has 2 amide bonds. The Labute approximate surface area is 179 Å². The number of nitrogens with zero attached hydrogens (tertiary/aromatic N) is 1. The SMILES string of the molecule is CC(CC(=O)Nc1ccc(C(=O)N2CCCCC2)c(Cl)c1)C1CCNCC1.Cl. The zero-order valence-electron chi connectivity index (χ0n) is 16.5. The van der Waals surface area contributed by atoms with Crippen LogP contribution in [0.15, 0.2) is 18.2 Å². The Kier molecular flexibility index (Phi) is 9.06. The number of piperidine rings is 2. The van der Waals surface area contributed by atoms with Crippen molar-refractivity contribution in [1.82, 2.24) is 10.2 Å². The van der Waals surface area contributed by atoms with Gasteiger partial charge >= 0.3 is 0 Å². The third kappa shape index (κ3) is 6.10. The number of hydrogen-bond donors (Lipinski definition) is 2. The van der Waals surface area contributed by atoms with Crippen molar-refractivity contribution in [2.45, 2.75) is 45.4 Å². The summed E-state index contributed by atoms with van der Waals surface area (Å²) in [4.78, 5) is 26.9. The normalized spacial score (nSPS) is 18.9. The molecule has 0 saturated carbocycles.